The first kappa shape index (κ1) is 13.1. The van der Waals surface area contributed by atoms with Crippen LogP contribution in [0.2, 0.25) is 0 Å². The van der Waals surface area contributed by atoms with Gasteiger partial charge in [-0.2, -0.15) is 11.3 Å². The van der Waals surface area contributed by atoms with E-state index in [-0.39, 0.29) is 0 Å². The molecule has 6 heteroatoms. The van der Waals surface area contributed by atoms with Crippen molar-refractivity contribution in [1.29, 1.82) is 0 Å². The van der Waals surface area contributed by atoms with Crippen molar-refractivity contribution in [2.75, 3.05) is 0 Å². The lowest BCUT2D eigenvalue weighted by Crippen LogP contribution is -1.77. The van der Waals surface area contributed by atoms with Crippen LogP contribution >= 0.6 is 22.9 Å². The Morgan fingerprint density at radius 2 is 2.15 bits per heavy atom. The maximum absolute atomic E-state index is 6.19. The van der Waals surface area contributed by atoms with Crippen molar-refractivity contribution < 1.29 is 8.83 Å². The number of aromatic nitrogens is 2. The number of hydrogen-bond donors (Lipinski definition) is 0. The third-order valence-corrected chi connectivity index (χ3v) is 3.71. The monoisotopic (exact) mass is 306 g/mol. The molecule has 0 spiro atoms. The van der Waals surface area contributed by atoms with Crippen molar-refractivity contribution in [3.05, 3.63) is 45.9 Å². The van der Waals surface area contributed by atoms with E-state index in [0.717, 1.165) is 22.6 Å². The van der Waals surface area contributed by atoms with Gasteiger partial charge in [-0.05, 0) is 48.4 Å². The van der Waals surface area contributed by atoms with Gasteiger partial charge in [-0.25, -0.2) is 0 Å². The maximum Gasteiger partial charge on any atom is 0.259 e. The van der Waals surface area contributed by atoms with Gasteiger partial charge in [0.2, 0.25) is 0 Å². The quantitative estimate of drug-likeness (QED) is 0.701. The van der Waals surface area contributed by atoms with Crippen molar-refractivity contribution in [3.63, 3.8) is 0 Å². The fourth-order valence-electron chi connectivity index (χ4n) is 1.84. The molecule has 0 aromatic carbocycles. The molecule has 0 aliphatic heterocycles. The minimum Gasteiger partial charge on any atom is -0.466 e. The van der Waals surface area contributed by atoms with Crippen LogP contribution in [0.15, 0.2) is 31.7 Å². The summed E-state index contributed by atoms with van der Waals surface area (Å²) >= 11 is 7.79. The molecular formula is C14H11ClN2O2S. The van der Waals surface area contributed by atoms with Crippen LogP contribution in [0.3, 0.4) is 0 Å². The van der Waals surface area contributed by atoms with Gasteiger partial charge in [-0.1, -0.05) is 11.6 Å². The van der Waals surface area contributed by atoms with Crippen LogP contribution in [0.1, 0.15) is 23.0 Å². The number of halogens is 1. The van der Waals surface area contributed by atoms with E-state index in [1.54, 1.807) is 17.4 Å². The minimum atomic E-state index is 0.297. The van der Waals surface area contributed by atoms with Crippen molar-refractivity contribution in [3.8, 4) is 11.5 Å². The number of furan rings is 1. The standard InChI is InChI=1S/C14H11ClN2O2S/c1-8-5-11(9(2)18-8)13-16-17-14(19-13)12(15)6-10-3-4-20-7-10/h3-7H,1-2H3/b12-6-. The average molecular weight is 307 g/mol. The number of rotatable bonds is 3. The van der Waals surface area contributed by atoms with E-state index in [2.05, 4.69) is 10.2 Å². The largest absolute Gasteiger partial charge is 0.466 e. The first-order valence-electron chi connectivity index (χ1n) is 5.94. The van der Waals surface area contributed by atoms with Crippen LogP contribution in [0, 0.1) is 13.8 Å². The van der Waals surface area contributed by atoms with E-state index in [0.29, 0.717) is 16.8 Å². The average Bonchev–Trinajstić information content (AvgIpc) is 3.10. The maximum atomic E-state index is 6.19. The third-order valence-electron chi connectivity index (χ3n) is 2.74. The van der Waals surface area contributed by atoms with Gasteiger partial charge in [0.25, 0.3) is 11.8 Å². The lowest BCUT2D eigenvalue weighted by atomic mass is 10.2. The van der Waals surface area contributed by atoms with Gasteiger partial charge < -0.3 is 8.83 Å². The Bertz CT molecular complexity index is 756. The summed E-state index contributed by atoms with van der Waals surface area (Å²) in [6, 6.07) is 3.83. The summed E-state index contributed by atoms with van der Waals surface area (Å²) in [5.41, 5.74) is 1.80. The highest BCUT2D eigenvalue weighted by atomic mass is 35.5. The molecule has 0 saturated carbocycles. The van der Waals surface area contributed by atoms with E-state index < -0.39 is 0 Å². The normalized spacial score (nSPS) is 12.1. The molecule has 0 bridgehead atoms. The summed E-state index contributed by atoms with van der Waals surface area (Å²) in [5, 5.41) is 12.4. The molecule has 3 aromatic heterocycles. The van der Waals surface area contributed by atoms with Crippen LogP contribution in [-0.4, -0.2) is 10.2 Å². The van der Waals surface area contributed by atoms with E-state index in [1.165, 1.54) is 0 Å². The molecule has 20 heavy (non-hydrogen) atoms. The molecule has 0 saturated heterocycles. The van der Waals surface area contributed by atoms with Gasteiger partial charge in [-0.15, -0.1) is 10.2 Å². The van der Waals surface area contributed by atoms with E-state index in [1.807, 2.05) is 36.7 Å². The summed E-state index contributed by atoms with van der Waals surface area (Å²) in [4.78, 5) is 0. The Morgan fingerprint density at radius 1 is 1.30 bits per heavy atom. The highest BCUT2D eigenvalue weighted by molar-refractivity contribution is 7.08. The predicted octanol–water partition coefficient (Wildman–Crippen LogP) is 4.74. The van der Waals surface area contributed by atoms with E-state index >= 15 is 0 Å². The second kappa shape index (κ2) is 5.26. The molecule has 3 heterocycles. The zero-order chi connectivity index (χ0) is 14.1. The summed E-state index contributed by atoms with van der Waals surface area (Å²) in [6.45, 7) is 3.73. The molecule has 0 fully saturated rings. The molecule has 4 nitrogen and oxygen atoms in total. The summed E-state index contributed by atoms with van der Waals surface area (Å²) in [7, 11) is 0. The van der Waals surface area contributed by atoms with Crippen LogP contribution in [0.25, 0.3) is 22.6 Å². The molecular weight excluding hydrogens is 296 g/mol. The molecule has 102 valence electrons. The van der Waals surface area contributed by atoms with Crippen molar-refractivity contribution in [1.82, 2.24) is 10.2 Å². The number of aryl methyl sites for hydroxylation is 2. The van der Waals surface area contributed by atoms with Gasteiger partial charge in [0.1, 0.15) is 16.6 Å². The molecule has 3 rings (SSSR count). The van der Waals surface area contributed by atoms with Gasteiger partial charge in [0, 0.05) is 0 Å². The second-order valence-corrected chi connectivity index (χ2v) is 5.48. The number of nitrogens with zero attached hydrogens (tertiary/aromatic N) is 2. The molecule has 0 amide bonds. The lowest BCUT2D eigenvalue weighted by Gasteiger charge is -1.91. The molecule has 0 aliphatic rings. The van der Waals surface area contributed by atoms with Gasteiger partial charge in [0.15, 0.2) is 0 Å². The zero-order valence-corrected chi connectivity index (χ0v) is 12.5. The van der Waals surface area contributed by atoms with Gasteiger partial charge in [0.05, 0.1) is 5.56 Å². The molecule has 0 aliphatic carbocycles. The second-order valence-electron chi connectivity index (χ2n) is 4.29. The molecule has 0 N–H and O–H groups in total. The fraction of sp³-hybridized carbons (Fsp3) is 0.143. The summed E-state index contributed by atoms with van der Waals surface area (Å²) in [6.07, 6.45) is 1.79. The Morgan fingerprint density at radius 3 is 2.80 bits per heavy atom. The topological polar surface area (TPSA) is 52.1 Å². The first-order valence-corrected chi connectivity index (χ1v) is 7.26. The van der Waals surface area contributed by atoms with Gasteiger partial charge >= 0.3 is 0 Å². The zero-order valence-electron chi connectivity index (χ0n) is 10.9. The number of hydrogen-bond acceptors (Lipinski definition) is 5. The molecule has 0 radical (unpaired) electrons. The SMILES string of the molecule is Cc1cc(-c2nnc(/C(Cl)=C/c3ccsc3)o2)c(C)o1. The van der Waals surface area contributed by atoms with Crippen molar-refractivity contribution >= 4 is 34.0 Å². The molecule has 0 unspecified atom stereocenters. The van der Waals surface area contributed by atoms with E-state index in [4.69, 9.17) is 20.4 Å². The van der Waals surface area contributed by atoms with Gasteiger partial charge in [-0.3, -0.25) is 0 Å². The summed E-state index contributed by atoms with van der Waals surface area (Å²) < 4.78 is 11.0. The smallest absolute Gasteiger partial charge is 0.259 e. The Labute approximate surface area is 124 Å². The molecule has 0 atom stereocenters. The van der Waals surface area contributed by atoms with E-state index in [9.17, 15) is 0 Å². The highest BCUT2D eigenvalue weighted by Crippen LogP contribution is 2.28. The van der Waals surface area contributed by atoms with Crippen molar-refractivity contribution in [2.45, 2.75) is 13.8 Å². The lowest BCUT2D eigenvalue weighted by molar-refractivity contribution is 0.502. The Balaban J connectivity index is 1.92. The predicted molar refractivity (Wildman–Crippen MR) is 79.5 cm³/mol. The summed E-state index contributed by atoms with van der Waals surface area (Å²) in [5.74, 6) is 2.25. The molecule has 3 aromatic rings. The van der Waals surface area contributed by atoms with Crippen LogP contribution in [-0.2, 0) is 0 Å². The first-order chi connectivity index (χ1) is 9.63. The highest BCUT2D eigenvalue weighted by Gasteiger charge is 2.16. The fourth-order valence-corrected chi connectivity index (χ4v) is 2.66. The Kier molecular flexibility index (Phi) is 3.46. The third kappa shape index (κ3) is 2.55. The van der Waals surface area contributed by atoms with Crippen LogP contribution in [0.5, 0.6) is 0 Å². The van der Waals surface area contributed by atoms with Crippen molar-refractivity contribution in [2.24, 2.45) is 0 Å². The minimum absolute atomic E-state index is 0.297. The van der Waals surface area contributed by atoms with Crippen LogP contribution < -0.4 is 0 Å². The number of thiophene rings is 1. The Hall–Kier alpha value is -1.85. The van der Waals surface area contributed by atoms with Crippen LogP contribution in [0.4, 0.5) is 0 Å².